The highest BCUT2D eigenvalue weighted by Gasteiger charge is 2.09. The molecule has 2 rings (SSSR count). The first kappa shape index (κ1) is 15.3. The van der Waals surface area contributed by atoms with Crippen LogP contribution in [-0.4, -0.2) is 13.2 Å². The summed E-state index contributed by atoms with van der Waals surface area (Å²) in [7, 11) is 1.44. The average Bonchev–Trinajstić information content (AvgIpc) is 2.46. The van der Waals surface area contributed by atoms with Crippen LogP contribution < -0.4 is 15.2 Å². The van der Waals surface area contributed by atoms with Gasteiger partial charge in [-0.2, -0.15) is 0 Å². The molecule has 0 fully saturated rings. The Balaban J connectivity index is 2.06. The third-order valence-electron chi connectivity index (χ3n) is 3.11. The Morgan fingerprint density at radius 1 is 1.19 bits per heavy atom. The number of nitrogens with two attached hydrogens (primary N) is 1. The molecule has 4 heteroatoms. The zero-order valence-corrected chi connectivity index (χ0v) is 12.3. The summed E-state index contributed by atoms with van der Waals surface area (Å²) in [5.41, 5.74) is 7.36. The maximum Gasteiger partial charge on any atom is 0.171 e. The molecule has 0 aliphatic heterocycles. The molecule has 21 heavy (non-hydrogen) atoms. The van der Waals surface area contributed by atoms with Crippen LogP contribution in [0.5, 0.6) is 11.5 Å². The number of ether oxygens (including phenoxy) is 2. The average molecular weight is 289 g/mol. The number of methoxy groups -OCH3 is 1. The second-order valence-corrected chi connectivity index (χ2v) is 5.05. The van der Waals surface area contributed by atoms with Crippen molar-refractivity contribution in [2.75, 3.05) is 7.11 Å². The topological polar surface area (TPSA) is 44.5 Å². The van der Waals surface area contributed by atoms with Gasteiger partial charge in [-0.3, -0.25) is 0 Å². The first-order valence-corrected chi connectivity index (χ1v) is 6.89. The highest BCUT2D eigenvalue weighted by atomic mass is 19.1. The number of rotatable bonds is 6. The van der Waals surface area contributed by atoms with Crippen LogP contribution in [0.15, 0.2) is 42.5 Å². The third kappa shape index (κ3) is 4.20. The molecule has 0 bridgehead atoms. The Bertz CT molecular complexity index is 599. The van der Waals surface area contributed by atoms with Crippen molar-refractivity contribution in [1.29, 1.82) is 0 Å². The summed E-state index contributed by atoms with van der Waals surface area (Å²) in [6, 6.07) is 12.8. The summed E-state index contributed by atoms with van der Waals surface area (Å²) in [5.74, 6) is 0.545. The SMILES string of the molecule is COc1cccc(COc2cccc(CC(C)N)c2)c1F. The normalized spacial score (nSPS) is 12.0. The summed E-state index contributed by atoms with van der Waals surface area (Å²) in [6.07, 6.45) is 0.782. The van der Waals surface area contributed by atoms with E-state index in [0.29, 0.717) is 11.3 Å². The van der Waals surface area contributed by atoms with Gasteiger partial charge in [-0.15, -0.1) is 0 Å². The Labute approximate surface area is 124 Å². The molecule has 2 aromatic rings. The zero-order valence-electron chi connectivity index (χ0n) is 12.3. The summed E-state index contributed by atoms with van der Waals surface area (Å²) < 4.78 is 24.6. The lowest BCUT2D eigenvalue weighted by atomic mass is 10.1. The van der Waals surface area contributed by atoms with Crippen LogP contribution in [0.3, 0.4) is 0 Å². The van der Waals surface area contributed by atoms with Gasteiger partial charge in [0.1, 0.15) is 12.4 Å². The number of benzene rings is 2. The van der Waals surface area contributed by atoms with E-state index in [0.717, 1.165) is 12.0 Å². The van der Waals surface area contributed by atoms with Crippen molar-refractivity contribution in [3.05, 3.63) is 59.4 Å². The van der Waals surface area contributed by atoms with Crippen LogP contribution in [0.4, 0.5) is 4.39 Å². The van der Waals surface area contributed by atoms with E-state index in [2.05, 4.69) is 0 Å². The summed E-state index contributed by atoms with van der Waals surface area (Å²) in [6.45, 7) is 2.11. The second-order valence-electron chi connectivity index (χ2n) is 5.05. The first-order chi connectivity index (χ1) is 10.1. The van der Waals surface area contributed by atoms with E-state index in [1.54, 1.807) is 18.2 Å². The fraction of sp³-hybridized carbons (Fsp3) is 0.294. The molecular weight excluding hydrogens is 269 g/mol. The van der Waals surface area contributed by atoms with Gasteiger partial charge in [-0.25, -0.2) is 4.39 Å². The van der Waals surface area contributed by atoms with E-state index in [-0.39, 0.29) is 24.2 Å². The van der Waals surface area contributed by atoms with Crippen molar-refractivity contribution < 1.29 is 13.9 Å². The molecule has 1 atom stereocenters. The minimum atomic E-state index is -0.383. The highest BCUT2D eigenvalue weighted by Crippen LogP contribution is 2.22. The Hall–Kier alpha value is -2.07. The van der Waals surface area contributed by atoms with Crippen LogP contribution in [0.2, 0.25) is 0 Å². The fourth-order valence-corrected chi connectivity index (χ4v) is 2.12. The minimum Gasteiger partial charge on any atom is -0.494 e. The minimum absolute atomic E-state index is 0.0936. The number of halogens is 1. The monoisotopic (exact) mass is 289 g/mol. The Morgan fingerprint density at radius 2 is 1.95 bits per heavy atom. The van der Waals surface area contributed by atoms with E-state index >= 15 is 0 Å². The molecule has 0 aliphatic carbocycles. The van der Waals surface area contributed by atoms with E-state index < -0.39 is 0 Å². The summed E-state index contributed by atoms with van der Waals surface area (Å²) in [5, 5.41) is 0. The molecule has 0 heterocycles. The largest absolute Gasteiger partial charge is 0.494 e. The molecule has 2 N–H and O–H groups in total. The molecule has 112 valence electrons. The van der Waals surface area contributed by atoms with Crippen LogP contribution in [0.25, 0.3) is 0 Å². The molecule has 0 saturated carbocycles. The third-order valence-corrected chi connectivity index (χ3v) is 3.11. The van der Waals surface area contributed by atoms with E-state index in [9.17, 15) is 4.39 Å². The number of hydrogen-bond donors (Lipinski definition) is 1. The predicted molar refractivity (Wildman–Crippen MR) is 81.1 cm³/mol. The molecule has 1 unspecified atom stereocenters. The Kier molecular flexibility index (Phi) is 5.17. The quantitative estimate of drug-likeness (QED) is 0.887. The van der Waals surface area contributed by atoms with Gasteiger partial charge in [0.2, 0.25) is 0 Å². The van der Waals surface area contributed by atoms with Crippen molar-refractivity contribution in [2.45, 2.75) is 26.0 Å². The van der Waals surface area contributed by atoms with Crippen LogP contribution >= 0.6 is 0 Å². The van der Waals surface area contributed by atoms with Crippen molar-refractivity contribution >= 4 is 0 Å². The van der Waals surface area contributed by atoms with Crippen molar-refractivity contribution in [2.24, 2.45) is 5.73 Å². The molecule has 2 aromatic carbocycles. The van der Waals surface area contributed by atoms with Crippen LogP contribution in [-0.2, 0) is 13.0 Å². The van der Waals surface area contributed by atoms with Crippen molar-refractivity contribution in [1.82, 2.24) is 0 Å². The number of hydrogen-bond acceptors (Lipinski definition) is 3. The highest BCUT2D eigenvalue weighted by molar-refractivity contribution is 5.32. The van der Waals surface area contributed by atoms with Gasteiger partial charge in [-0.1, -0.05) is 24.3 Å². The molecule has 0 saturated heterocycles. The lowest BCUT2D eigenvalue weighted by Crippen LogP contribution is -2.17. The van der Waals surface area contributed by atoms with Gasteiger partial charge in [-0.05, 0) is 37.1 Å². The van der Waals surface area contributed by atoms with E-state index in [4.69, 9.17) is 15.2 Å². The van der Waals surface area contributed by atoms with Gasteiger partial charge < -0.3 is 15.2 Å². The van der Waals surface area contributed by atoms with Crippen molar-refractivity contribution in [3.8, 4) is 11.5 Å². The summed E-state index contributed by atoms with van der Waals surface area (Å²) in [4.78, 5) is 0. The van der Waals surface area contributed by atoms with Crippen molar-refractivity contribution in [3.63, 3.8) is 0 Å². The zero-order chi connectivity index (χ0) is 15.2. The van der Waals surface area contributed by atoms with Crippen LogP contribution in [0.1, 0.15) is 18.1 Å². The molecule has 0 aliphatic rings. The fourth-order valence-electron chi connectivity index (χ4n) is 2.12. The second kappa shape index (κ2) is 7.09. The van der Waals surface area contributed by atoms with Gasteiger partial charge in [0.25, 0.3) is 0 Å². The molecule has 0 amide bonds. The van der Waals surface area contributed by atoms with Gasteiger partial charge in [0.15, 0.2) is 11.6 Å². The molecular formula is C17H20FNO2. The molecule has 0 radical (unpaired) electrons. The summed E-state index contributed by atoms with van der Waals surface area (Å²) >= 11 is 0. The molecule has 3 nitrogen and oxygen atoms in total. The maximum atomic E-state index is 14.0. The lowest BCUT2D eigenvalue weighted by Gasteiger charge is -2.11. The van der Waals surface area contributed by atoms with Gasteiger partial charge in [0, 0.05) is 11.6 Å². The molecule has 0 aromatic heterocycles. The molecule has 0 spiro atoms. The van der Waals surface area contributed by atoms with E-state index in [1.165, 1.54) is 7.11 Å². The maximum absolute atomic E-state index is 14.0. The standard InChI is InChI=1S/C17H20FNO2/c1-12(19)9-13-5-3-7-15(10-13)21-11-14-6-4-8-16(20-2)17(14)18/h3-8,10,12H,9,11,19H2,1-2H3. The van der Waals surface area contributed by atoms with E-state index in [1.807, 2.05) is 31.2 Å². The predicted octanol–water partition coefficient (Wildman–Crippen LogP) is 3.30. The lowest BCUT2D eigenvalue weighted by molar-refractivity contribution is 0.295. The van der Waals surface area contributed by atoms with Gasteiger partial charge in [0.05, 0.1) is 7.11 Å². The van der Waals surface area contributed by atoms with Gasteiger partial charge >= 0.3 is 0 Å². The van der Waals surface area contributed by atoms with Crippen LogP contribution in [0, 0.1) is 5.82 Å². The first-order valence-electron chi connectivity index (χ1n) is 6.89. The smallest absolute Gasteiger partial charge is 0.171 e. The Morgan fingerprint density at radius 3 is 2.67 bits per heavy atom.